The van der Waals surface area contributed by atoms with E-state index in [0.717, 1.165) is 12.8 Å². The largest absolute Gasteiger partial charge is 0.480 e. The molecule has 2 radical (unpaired) electrons. The van der Waals surface area contributed by atoms with Crippen LogP contribution in [-0.2, 0) is 4.79 Å². The molecule has 14 heavy (non-hydrogen) atoms. The van der Waals surface area contributed by atoms with E-state index >= 15 is 0 Å². The zero-order valence-electron chi connectivity index (χ0n) is 8.33. The van der Waals surface area contributed by atoms with E-state index in [4.69, 9.17) is 18.7 Å². The van der Waals surface area contributed by atoms with E-state index in [1.165, 1.54) is 0 Å². The van der Waals surface area contributed by atoms with Crippen LogP contribution in [0.1, 0.15) is 19.3 Å². The third-order valence-electron chi connectivity index (χ3n) is 2.99. The molecule has 0 bridgehead atoms. The highest BCUT2D eigenvalue weighted by molar-refractivity contribution is 6.08. The van der Waals surface area contributed by atoms with Crippen LogP contribution in [0.2, 0.25) is 6.32 Å². The van der Waals surface area contributed by atoms with Gasteiger partial charge in [-0.05, 0) is 19.4 Å². The van der Waals surface area contributed by atoms with Crippen LogP contribution in [0.5, 0.6) is 0 Å². The van der Waals surface area contributed by atoms with Gasteiger partial charge in [-0.15, -0.1) is 0 Å². The molecule has 5 heteroatoms. The smallest absolute Gasteiger partial charge is 0.324 e. The minimum absolute atomic E-state index is 0.00250. The molecule has 0 amide bonds. The molecular weight excluding hydrogens is 179 g/mol. The molecule has 0 aliphatic carbocycles. The minimum Gasteiger partial charge on any atom is -0.480 e. The maximum atomic E-state index is 11.1. The third-order valence-corrected chi connectivity index (χ3v) is 2.99. The molecule has 1 saturated heterocycles. The predicted molar refractivity (Wildman–Crippen MR) is 55.3 cm³/mol. The molecule has 1 fully saturated rings. The number of nitrogens with one attached hydrogen (secondary N) is 1. The van der Waals surface area contributed by atoms with Crippen LogP contribution in [0.15, 0.2) is 0 Å². The molecule has 78 valence electrons. The van der Waals surface area contributed by atoms with Gasteiger partial charge in [-0.25, -0.2) is 0 Å². The molecule has 0 unspecified atom stereocenters. The van der Waals surface area contributed by atoms with Crippen LogP contribution in [0.25, 0.3) is 0 Å². The molecular formula is C9H17BN2O2. The SMILES string of the molecule is [B]CCC[C@H]1CNCC[C@@]1(N)C(=O)O. The highest BCUT2D eigenvalue weighted by Crippen LogP contribution is 2.26. The van der Waals surface area contributed by atoms with Crippen molar-refractivity contribution in [3.8, 4) is 0 Å². The number of rotatable bonds is 4. The summed E-state index contributed by atoms with van der Waals surface area (Å²) in [6.07, 6.45) is 2.70. The van der Waals surface area contributed by atoms with Crippen molar-refractivity contribution >= 4 is 13.8 Å². The van der Waals surface area contributed by atoms with Gasteiger partial charge in [0.25, 0.3) is 0 Å². The Hall–Kier alpha value is -0.545. The summed E-state index contributed by atoms with van der Waals surface area (Å²) in [7, 11) is 5.40. The van der Waals surface area contributed by atoms with Crippen molar-refractivity contribution in [3.63, 3.8) is 0 Å². The highest BCUT2D eigenvalue weighted by atomic mass is 16.4. The Morgan fingerprint density at radius 3 is 3.00 bits per heavy atom. The standard InChI is InChI=1S/C9H17BN2O2/c10-4-1-2-7-6-12-5-3-9(7,11)8(13)14/h7,12H,1-6,11H2,(H,13,14)/t7-,9-/m0/s1. The summed E-state index contributed by atoms with van der Waals surface area (Å²) < 4.78 is 0. The maximum Gasteiger partial charge on any atom is 0.324 e. The van der Waals surface area contributed by atoms with Crippen LogP contribution >= 0.6 is 0 Å². The number of carboxylic acid groups (broad SMARTS) is 1. The van der Waals surface area contributed by atoms with E-state index in [-0.39, 0.29) is 5.92 Å². The van der Waals surface area contributed by atoms with Gasteiger partial charge in [-0.2, -0.15) is 0 Å². The zero-order valence-corrected chi connectivity index (χ0v) is 8.33. The monoisotopic (exact) mass is 196 g/mol. The molecule has 1 aliphatic rings. The fourth-order valence-corrected chi connectivity index (χ4v) is 1.96. The maximum absolute atomic E-state index is 11.1. The van der Waals surface area contributed by atoms with Crippen molar-refractivity contribution in [2.75, 3.05) is 13.1 Å². The summed E-state index contributed by atoms with van der Waals surface area (Å²) in [5.74, 6) is -0.890. The summed E-state index contributed by atoms with van der Waals surface area (Å²) in [6.45, 7) is 1.37. The first-order valence-electron chi connectivity index (χ1n) is 5.04. The van der Waals surface area contributed by atoms with Crippen LogP contribution in [0.3, 0.4) is 0 Å². The molecule has 0 saturated carbocycles. The Kier molecular flexibility index (Phi) is 3.95. The molecule has 1 rings (SSSR count). The summed E-state index contributed by atoms with van der Waals surface area (Å²) in [6, 6.07) is 0. The van der Waals surface area contributed by atoms with Crippen molar-refractivity contribution < 1.29 is 9.90 Å². The fourth-order valence-electron chi connectivity index (χ4n) is 1.96. The normalized spacial score (nSPS) is 32.8. The van der Waals surface area contributed by atoms with E-state index in [0.29, 0.717) is 25.8 Å². The van der Waals surface area contributed by atoms with Gasteiger partial charge in [0, 0.05) is 12.5 Å². The van der Waals surface area contributed by atoms with Crippen LogP contribution in [0.4, 0.5) is 0 Å². The summed E-state index contributed by atoms with van der Waals surface area (Å²) in [5.41, 5.74) is 4.85. The van der Waals surface area contributed by atoms with Crippen molar-refractivity contribution in [3.05, 3.63) is 0 Å². The lowest BCUT2D eigenvalue weighted by Crippen LogP contribution is -2.61. The van der Waals surface area contributed by atoms with Crippen LogP contribution < -0.4 is 11.1 Å². The topological polar surface area (TPSA) is 75.3 Å². The Bertz CT molecular complexity index is 213. The zero-order chi connectivity index (χ0) is 10.6. The van der Waals surface area contributed by atoms with Gasteiger partial charge >= 0.3 is 5.97 Å². The second-order valence-corrected chi connectivity index (χ2v) is 3.93. The van der Waals surface area contributed by atoms with E-state index in [1.807, 2.05) is 0 Å². The van der Waals surface area contributed by atoms with Crippen LogP contribution in [-0.4, -0.2) is 37.6 Å². The molecule has 4 nitrogen and oxygen atoms in total. The summed E-state index contributed by atoms with van der Waals surface area (Å²) in [4.78, 5) is 11.1. The van der Waals surface area contributed by atoms with Gasteiger partial charge in [-0.1, -0.05) is 12.7 Å². The average molecular weight is 196 g/mol. The minimum atomic E-state index is -1.06. The van der Waals surface area contributed by atoms with Gasteiger partial charge < -0.3 is 16.2 Å². The molecule has 2 atom stereocenters. The number of hydrogen-bond donors (Lipinski definition) is 3. The van der Waals surface area contributed by atoms with Crippen molar-refractivity contribution in [2.45, 2.75) is 31.1 Å². The van der Waals surface area contributed by atoms with Gasteiger partial charge in [-0.3, -0.25) is 4.79 Å². The number of carboxylic acids is 1. The molecule has 0 aromatic rings. The molecule has 0 aromatic carbocycles. The first-order chi connectivity index (χ1) is 6.61. The summed E-state index contributed by atoms with van der Waals surface area (Å²) in [5, 5.41) is 12.3. The summed E-state index contributed by atoms with van der Waals surface area (Å²) >= 11 is 0. The molecule has 1 aliphatic heterocycles. The van der Waals surface area contributed by atoms with Gasteiger partial charge in [0.05, 0.1) is 7.85 Å². The second-order valence-electron chi connectivity index (χ2n) is 3.93. The first-order valence-corrected chi connectivity index (χ1v) is 5.04. The van der Waals surface area contributed by atoms with E-state index in [2.05, 4.69) is 5.32 Å². The second kappa shape index (κ2) is 4.80. The van der Waals surface area contributed by atoms with Gasteiger partial charge in [0.2, 0.25) is 0 Å². The molecule has 4 N–H and O–H groups in total. The number of piperidine rings is 1. The average Bonchev–Trinajstić information content (AvgIpc) is 2.16. The Balaban J connectivity index is 2.63. The van der Waals surface area contributed by atoms with Gasteiger partial charge in [0.15, 0.2) is 0 Å². The van der Waals surface area contributed by atoms with Crippen LogP contribution in [0, 0.1) is 5.92 Å². The fraction of sp³-hybridized carbons (Fsp3) is 0.889. The van der Waals surface area contributed by atoms with Crippen molar-refractivity contribution in [1.29, 1.82) is 0 Å². The Morgan fingerprint density at radius 2 is 2.43 bits per heavy atom. The first kappa shape index (κ1) is 11.5. The quantitative estimate of drug-likeness (QED) is 0.541. The number of hydrogen-bond acceptors (Lipinski definition) is 3. The van der Waals surface area contributed by atoms with E-state index < -0.39 is 11.5 Å². The van der Waals surface area contributed by atoms with Gasteiger partial charge in [0.1, 0.15) is 5.54 Å². The lowest BCUT2D eigenvalue weighted by molar-refractivity contribution is -0.146. The lowest BCUT2D eigenvalue weighted by atomic mass is 9.76. The van der Waals surface area contributed by atoms with E-state index in [9.17, 15) is 4.79 Å². The number of carbonyl (C=O) groups is 1. The molecule has 0 spiro atoms. The molecule has 1 heterocycles. The highest BCUT2D eigenvalue weighted by Gasteiger charge is 2.43. The Morgan fingerprint density at radius 1 is 1.71 bits per heavy atom. The predicted octanol–water partition coefficient (Wildman–Crippen LogP) is -0.255. The number of nitrogens with two attached hydrogens (primary N) is 1. The Labute approximate surface area is 85.7 Å². The third kappa shape index (κ3) is 2.28. The van der Waals surface area contributed by atoms with Crippen molar-refractivity contribution in [1.82, 2.24) is 5.32 Å². The molecule has 0 aromatic heterocycles. The lowest BCUT2D eigenvalue weighted by Gasteiger charge is -2.38. The number of aliphatic carboxylic acids is 1. The van der Waals surface area contributed by atoms with Crippen molar-refractivity contribution in [2.24, 2.45) is 11.7 Å². The van der Waals surface area contributed by atoms with E-state index in [1.54, 1.807) is 0 Å².